The Morgan fingerprint density at radius 3 is 1.16 bits per heavy atom. The van der Waals surface area contributed by atoms with Gasteiger partial charge in [0.1, 0.15) is 6.04 Å². The number of unbranched alkanes of at least 4 members (excludes halogenated alkanes) is 16. The summed E-state index contributed by atoms with van der Waals surface area (Å²) in [6, 6.07) is -1.12. The highest BCUT2D eigenvalue weighted by Gasteiger charge is 2.30. The maximum Gasteiger partial charge on any atom is 0.326 e. The third-order valence-corrected chi connectivity index (χ3v) is 7.96. The number of nitrogens with zero attached hydrogens (tertiary/aromatic N) is 1. The number of hydrogen-bond acceptors (Lipinski definition) is 3. The van der Waals surface area contributed by atoms with Gasteiger partial charge in [0.2, 0.25) is 11.8 Å². The Hall–Kier alpha value is -2.43. The number of rotatable bonds is 30. The van der Waals surface area contributed by atoms with Crippen molar-refractivity contribution in [1.82, 2.24) is 4.90 Å². The van der Waals surface area contributed by atoms with Crippen LogP contribution in [0, 0.1) is 0 Å². The van der Waals surface area contributed by atoms with Crippen LogP contribution in [0.15, 0.2) is 48.6 Å². The highest BCUT2D eigenvalue weighted by atomic mass is 16.4. The summed E-state index contributed by atoms with van der Waals surface area (Å²) < 4.78 is 0. The van der Waals surface area contributed by atoms with Gasteiger partial charge in [-0.1, -0.05) is 127 Å². The van der Waals surface area contributed by atoms with E-state index in [4.69, 9.17) is 0 Å². The van der Waals surface area contributed by atoms with Crippen LogP contribution < -0.4 is 0 Å². The van der Waals surface area contributed by atoms with Crippen LogP contribution in [-0.2, 0) is 14.4 Å². The molecule has 0 fully saturated rings. The highest BCUT2D eigenvalue weighted by Crippen LogP contribution is 2.15. The van der Waals surface area contributed by atoms with Crippen LogP contribution in [0.3, 0.4) is 0 Å². The monoisotopic (exact) mass is 614 g/mol. The molecule has 1 atom stereocenters. The van der Waals surface area contributed by atoms with Gasteiger partial charge in [-0.25, -0.2) is 4.79 Å². The summed E-state index contributed by atoms with van der Waals surface area (Å²) in [6.07, 6.45) is 42.6. The van der Waals surface area contributed by atoms with Gasteiger partial charge in [-0.15, -0.1) is 0 Å². The number of amides is 2. The van der Waals surface area contributed by atoms with E-state index >= 15 is 0 Å². The van der Waals surface area contributed by atoms with E-state index in [2.05, 4.69) is 62.5 Å². The van der Waals surface area contributed by atoms with Gasteiger partial charge in [0.05, 0.1) is 0 Å². The molecule has 1 unspecified atom stereocenters. The van der Waals surface area contributed by atoms with E-state index in [0.717, 1.165) is 81.9 Å². The predicted molar refractivity (Wildman–Crippen MR) is 188 cm³/mol. The third kappa shape index (κ3) is 26.0. The topological polar surface area (TPSA) is 74.7 Å². The Bertz CT molecular complexity index is 768. The second-order valence-electron chi connectivity index (χ2n) is 12.1. The van der Waals surface area contributed by atoms with Crippen molar-refractivity contribution in [2.75, 3.05) is 0 Å². The number of carbonyl (C=O) groups excluding carboxylic acids is 2. The number of carboxylic acids is 1. The minimum Gasteiger partial charge on any atom is -0.480 e. The van der Waals surface area contributed by atoms with Gasteiger partial charge in [0.15, 0.2) is 0 Å². The molecule has 5 heteroatoms. The molecule has 44 heavy (non-hydrogen) atoms. The molecule has 0 aromatic carbocycles. The van der Waals surface area contributed by atoms with Crippen molar-refractivity contribution >= 4 is 17.8 Å². The van der Waals surface area contributed by atoms with Gasteiger partial charge in [-0.05, 0) is 84.0 Å². The van der Waals surface area contributed by atoms with Crippen molar-refractivity contribution in [3.8, 4) is 0 Å². The Morgan fingerprint density at radius 1 is 0.500 bits per heavy atom. The summed E-state index contributed by atoms with van der Waals surface area (Å²) in [5, 5.41) is 9.49. The van der Waals surface area contributed by atoms with Crippen molar-refractivity contribution in [2.45, 2.75) is 181 Å². The lowest BCUT2D eigenvalue weighted by Gasteiger charge is -2.25. The lowest BCUT2D eigenvalue weighted by Crippen LogP contribution is -2.47. The number of carbonyl (C=O) groups is 3. The maximum atomic E-state index is 12.8. The minimum atomic E-state index is -1.13. The van der Waals surface area contributed by atoms with E-state index in [1.165, 1.54) is 58.3 Å². The molecule has 2 amide bonds. The normalized spacial score (nSPS) is 12.7. The molecule has 0 radical (unpaired) electrons. The van der Waals surface area contributed by atoms with Gasteiger partial charge in [0.25, 0.3) is 0 Å². The minimum absolute atomic E-state index is 0.232. The van der Waals surface area contributed by atoms with E-state index < -0.39 is 12.0 Å². The molecule has 0 rings (SSSR count). The molecule has 252 valence electrons. The zero-order valence-electron chi connectivity index (χ0n) is 28.8. The molecule has 0 spiro atoms. The van der Waals surface area contributed by atoms with Crippen LogP contribution in [-0.4, -0.2) is 33.8 Å². The van der Waals surface area contributed by atoms with Crippen LogP contribution in [0.5, 0.6) is 0 Å². The number of allylic oxidation sites excluding steroid dienone is 8. The molecule has 0 aromatic rings. The van der Waals surface area contributed by atoms with E-state index in [1.807, 2.05) is 0 Å². The standard InChI is InChI=1S/C39H67NO4/c1-4-6-8-10-12-14-16-18-20-22-24-26-28-30-32-34-37(41)40(36(3)39(43)44)38(42)35-33-31-29-27-25-23-21-19-17-15-13-11-9-7-5-2/h12-15,18-21,36H,4-11,16-17,22-35H2,1-3H3,(H,43,44)/b14-12-,15-13-,20-18-,21-19-. The molecule has 0 saturated heterocycles. The molecule has 0 saturated carbocycles. The Kier molecular flexibility index (Phi) is 30.2. The smallest absolute Gasteiger partial charge is 0.326 e. The number of carboxylic acid groups (broad SMARTS) is 1. The predicted octanol–water partition coefficient (Wildman–Crippen LogP) is 11.4. The van der Waals surface area contributed by atoms with Gasteiger partial charge in [-0.3, -0.25) is 14.5 Å². The van der Waals surface area contributed by atoms with Crippen LogP contribution in [0.1, 0.15) is 175 Å². The summed E-state index contributed by atoms with van der Waals surface area (Å²) in [6.45, 7) is 5.89. The van der Waals surface area contributed by atoms with Crippen molar-refractivity contribution in [1.29, 1.82) is 0 Å². The summed E-state index contributed by atoms with van der Waals surface area (Å²) in [5.41, 5.74) is 0. The average molecular weight is 614 g/mol. The molecule has 0 aromatic heterocycles. The Morgan fingerprint density at radius 2 is 0.818 bits per heavy atom. The second kappa shape index (κ2) is 32.0. The van der Waals surface area contributed by atoms with Crippen molar-refractivity contribution in [3.05, 3.63) is 48.6 Å². The Labute approximate surface area is 271 Å². The molecule has 0 heterocycles. The number of aliphatic carboxylic acids is 1. The molecule has 1 N–H and O–H groups in total. The summed E-state index contributed by atoms with van der Waals surface area (Å²) >= 11 is 0. The first-order chi connectivity index (χ1) is 21.5. The molecular weight excluding hydrogens is 546 g/mol. The molecule has 0 bridgehead atoms. The molecule has 0 aliphatic heterocycles. The van der Waals surface area contributed by atoms with Crippen LogP contribution >= 0.6 is 0 Å². The molecule has 5 nitrogen and oxygen atoms in total. The fraction of sp³-hybridized carbons (Fsp3) is 0.718. The van der Waals surface area contributed by atoms with Crippen LogP contribution in [0.25, 0.3) is 0 Å². The number of imide groups is 1. The Balaban J connectivity index is 4.06. The van der Waals surface area contributed by atoms with E-state index in [1.54, 1.807) is 0 Å². The highest BCUT2D eigenvalue weighted by molar-refractivity contribution is 5.99. The average Bonchev–Trinajstić information content (AvgIpc) is 3.01. The first-order valence-electron chi connectivity index (χ1n) is 18.1. The maximum absolute atomic E-state index is 12.8. The fourth-order valence-electron chi connectivity index (χ4n) is 5.10. The van der Waals surface area contributed by atoms with Gasteiger partial charge >= 0.3 is 5.97 Å². The summed E-state index contributed by atoms with van der Waals surface area (Å²) in [4.78, 5) is 38.3. The largest absolute Gasteiger partial charge is 0.480 e. The lowest BCUT2D eigenvalue weighted by molar-refractivity contribution is -0.157. The summed E-state index contributed by atoms with van der Waals surface area (Å²) in [5.74, 6) is -1.83. The van der Waals surface area contributed by atoms with Crippen molar-refractivity contribution in [3.63, 3.8) is 0 Å². The second-order valence-corrected chi connectivity index (χ2v) is 12.1. The van der Waals surface area contributed by atoms with Gasteiger partial charge in [-0.2, -0.15) is 0 Å². The van der Waals surface area contributed by atoms with Crippen LogP contribution in [0.2, 0.25) is 0 Å². The zero-order valence-corrected chi connectivity index (χ0v) is 28.8. The fourth-order valence-corrected chi connectivity index (χ4v) is 5.10. The van der Waals surface area contributed by atoms with Gasteiger partial charge < -0.3 is 5.11 Å². The van der Waals surface area contributed by atoms with E-state index in [9.17, 15) is 19.5 Å². The van der Waals surface area contributed by atoms with Gasteiger partial charge in [0, 0.05) is 12.8 Å². The first kappa shape index (κ1) is 41.6. The summed E-state index contributed by atoms with van der Waals surface area (Å²) in [7, 11) is 0. The van der Waals surface area contributed by atoms with Crippen molar-refractivity contribution in [2.24, 2.45) is 0 Å². The molecule has 0 aliphatic rings. The zero-order chi connectivity index (χ0) is 32.5. The van der Waals surface area contributed by atoms with Crippen LogP contribution in [0.4, 0.5) is 0 Å². The third-order valence-electron chi connectivity index (χ3n) is 7.96. The lowest BCUT2D eigenvalue weighted by atomic mass is 10.1. The van der Waals surface area contributed by atoms with E-state index in [0.29, 0.717) is 12.8 Å². The molecule has 0 aliphatic carbocycles. The van der Waals surface area contributed by atoms with E-state index in [-0.39, 0.29) is 24.7 Å². The van der Waals surface area contributed by atoms with Crippen molar-refractivity contribution < 1.29 is 19.5 Å². The number of hydrogen-bond donors (Lipinski definition) is 1. The molecular formula is C39H67NO4. The SMILES string of the molecule is CCCCC/C=C\C/C=C\CCCCCCCC(=O)N(C(=O)CCCCCCC/C=C\C/C=C\CCCCC)C(C)C(=O)O. The first-order valence-corrected chi connectivity index (χ1v) is 18.1. The quantitative estimate of drug-likeness (QED) is 0.0646.